The second-order valence-corrected chi connectivity index (χ2v) is 14.1. The molecular weight excluding hydrogens is 951 g/mol. The van der Waals surface area contributed by atoms with E-state index in [9.17, 15) is 57.5 Å². The highest BCUT2D eigenvalue weighted by Crippen LogP contribution is 2.31. The largest absolute Gasteiger partial charge is 0.287 e. The Balaban J connectivity index is 0.000000279. The molecule has 0 spiro atoms. The van der Waals surface area contributed by atoms with Crippen LogP contribution in [0.1, 0.15) is 15.9 Å². The third-order valence-corrected chi connectivity index (χ3v) is 10.2. The fourth-order valence-corrected chi connectivity index (χ4v) is 7.16. The number of rotatable bonds is 8. The van der Waals surface area contributed by atoms with E-state index in [1.165, 1.54) is 5.56 Å². The molecule has 0 aliphatic rings. The van der Waals surface area contributed by atoms with E-state index < -0.39 is 144 Å². The van der Waals surface area contributed by atoms with Gasteiger partial charge in [0.15, 0.2) is 82.2 Å². The van der Waals surface area contributed by atoms with Gasteiger partial charge in [0.1, 0.15) is 58.4 Å². The summed E-state index contributed by atoms with van der Waals surface area (Å²) in [5.74, 6) is -71.3. The molecule has 0 amide bonds. The highest BCUT2D eigenvalue weighted by atomic mass is 19.2. The first-order valence-corrected chi connectivity index (χ1v) is 18.2. The molecule has 0 N–H and O–H groups in total. The Morgan fingerprint density at radius 1 is 0.433 bits per heavy atom. The Labute approximate surface area is 361 Å². The van der Waals surface area contributed by atoms with Crippen molar-refractivity contribution in [2.75, 3.05) is 0 Å². The van der Waals surface area contributed by atoms with Crippen LogP contribution in [-0.2, 0) is 6.54 Å². The third-order valence-electron chi connectivity index (χ3n) is 10.2. The number of halogens is 20. The first kappa shape index (κ1) is 49.2. The van der Waals surface area contributed by atoms with Crippen LogP contribution in [0.15, 0.2) is 73.2 Å². The number of ketones is 1. The third kappa shape index (κ3) is 8.10. The summed E-state index contributed by atoms with van der Waals surface area (Å²) in [4.78, 5) is 16.7. The highest BCUT2D eigenvalue weighted by molar-refractivity contribution is 7.20. The van der Waals surface area contributed by atoms with Gasteiger partial charge in [0.25, 0.3) is 0 Å². The van der Waals surface area contributed by atoms with Gasteiger partial charge >= 0.3 is 0 Å². The van der Waals surface area contributed by atoms with Crippen LogP contribution < -0.4 is 26.4 Å². The van der Waals surface area contributed by atoms with Crippen molar-refractivity contribution in [3.63, 3.8) is 0 Å². The lowest BCUT2D eigenvalue weighted by atomic mass is 9.12. The summed E-state index contributed by atoms with van der Waals surface area (Å²) in [6.07, 6.45) is -1.76. The maximum absolute atomic E-state index is 15.4. The minimum absolute atomic E-state index is 0.0895. The molecule has 24 heteroatoms. The zero-order chi connectivity index (χ0) is 49.7. The van der Waals surface area contributed by atoms with Crippen molar-refractivity contribution < 1.29 is 97.2 Å². The summed E-state index contributed by atoms with van der Waals surface area (Å²) in [7, 11) is 0. The molecule has 7 rings (SSSR count). The van der Waals surface area contributed by atoms with E-state index in [1.54, 1.807) is 6.20 Å². The number of aromatic nitrogens is 2. The molecule has 0 fully saturated rings. The normalized spacial score (nSPS) is 11.5. The minimum Gasteiger partial charge on any atom is -0.287 e. The molecule has 0 saturated heterocycles. The molecule has 7 aromatic rings. The molecule has 67 heavy (non-hydrogen) atoms. The maximum Gasteiger partial charge on any atom is 0.227 e. The highest BCUT2D eigenvalue weighted by Gasteiger charge is 2.52. The summed E-state index contributed by atoms with van der Waals surface area (Å²) >= 11 is 0. The minimum atomic E-state index is -7.22. The van der Waals surface area contributed by atoms with Gasteiger partial charge in [0.2, 0.25) is 12.3 Å². The van der Waals surface area contributed by atoms with Crippen LogP contribution >= 0.6 is 0 Å². The van der Waals surface area contributed by atoms with Crippen LogP contribution in [0, 0.1) is 123 Å². The molecular formula is C43H17BF20N2O. The van der Waals surface area contributed by atoms with E-state index in [1.807, 2.05) is 59.4 Å². The van der Waals surface area contributed by atoms with Crippen molar-refractivity contribution in [3.8, 4) is 11.3 Å². The molecule has 0 radical (unpaired) electrons. The standard InChI is InChI=1S/C24BF20.C19H17N2O/c26-5-1(6(27)14(35)21(42)13(5)34)25(2-7(28)15(36)22(43)16(37)8(2)29,3-9(30)17(38)23(44)18(39)10(3)31)4-11(32)19(40)24(45)20(41)12(4)33;1-15-7-9-16(10-8-15)18-13-21(12-11-20-18)14-19(22)17-5-3-2-4-6-17/h;2-13H,14H2,1H3/q-1;+1. The van der Waals surface area contributed by atoms with Gasteiger partial charge in [0.05, 0.1) is 6.20 Å². The van der Waals surface area contributed by atoms with Gasteiger partial charge < -0.3 is 0 Å². The first-order valence-electron chi connectivity index (χ1n) is 18.2. The van der Waals surface area contributed by atoms with Crippen molar-refractivity contribution >= 4 is 33.8 Å². The van der Waals surface area contributed by atoms with Gasteiger partial charge in [-0.3, -0.25) is 4.79 Å². The summed E-state index contributed by atoms with van der Waals surface area (Å²) in [5.41, 5.74) is -10.5. The zero-order valence-electron chi connectivity index (χ0n) is 32.6. The van der Waals surface area contributed by atoms with Crippen molar-refractivity contribution in [3.05, 3.63) is 201 Å². The number of hydrogen-bond donors (Lipinski definition) is 0. The van der Waals surface area contributed by atoms with Gasteiger partial charge in [-0.1, -0.05) is 60.2 Å². The van der Waals surface area contributed by atoms with Crippen LogP contribution in [0.25, 0.3) is 11.3 Å². The summed E-state index contributed by atoms with van der Waals surface area (Å²) in [6.45, 7) is 2.37. The van der Waals surface area contributed by atoms with Crippen molar-refractivity contribution in [2.24, 2.45) is 0 Å². The molecule has 1 heterocycles. The van der Waals surface area contributed by atoms with E-state index in [0.29, 0.717) is 6.54 Å². The average molecular weight is 968 g/mol. The molecule has 0 saturated carbocycles. The number of carbonyl (C=O) groups is 1. The number of nitrogens with zero attached hydrogens (tertiary/aromatic N) is 2. The molecule has 0 unspecified atom stereocenters. The lowest BCUT2D eigenvalue weighted by Crippen LogP contribution is -2.81. The fourth-order valence-electron chi connectivity index (χ4n) is 7.16. The number of hydrogen-bond acceptors (Lipinski definition) is 2. The zero-order valence-corrected chi connectivity index (χ0v) is 32.6. The summed E-state index contributed by atoms with van der Waals surface area (Å²) < 4.78 is 296. The lowest BCUT2D eigenvalue weighted by Gasteiger charge is -2.44. The molecule has 6 aromatic carbocycles. The molecule has 3 nitrogen and oxygen atoms in total. The van der Waals surface area contributed by atoms with Gasteiger partial charge in [-0.05, 0) is 6.92 Å². The molecule has 0 aliphatic carbocycles. The fraction of sp³-hybridized carbons (Fsp3) is 0.0465. The van der Waals surface area contributed by atoms with Crippen molar-refractivity contribution in [1.29, 1.82) is 0 Å². The molecule has 0 atom stereocenters. The van der Waals surface area contributed by atoms with Crippen LogP contribution in [-0.4, -0.2) is 16.9 Å². The Morgan fingerprint density at radius 2 is 0.731 bits per heavy atom. The number of Topliss-reactive ketones (excluding diaryl/α,β-unsaturated/α-hetero) is 1. The smallest absolute Gasteiger partial charge is 0.227 e. The van der Waals surface area contributed by atoms with Gasteiger partial charge in [-0.15, -0.1) is 21.9 Å². The topological polar surface area (TPSA) is 33.8 Å². The molecule has 1 aromatic heterocycles. The van der Waals surface area contributed by atoms with E-state index in [2.05, 4.69) is 24.0 Å². The quantitative estimate of drug-likeness (QED) is 0.0381. The van der Waals surface area contributed by atoms with Gasteiger partial charge in [0, 0.05) is 11.1 Å². The Kier molecular flexibility index (Phi) is 13.6. The van der Waals surface area contributed by atoms with E-state index in [4.69, 9.17) is 0 Å². The SMILES string of the molecule is Cc1ccc(-c2c[n+](CC(=O)c3ccccc3)ccn2)cc1.Fc1c(F)c(F)c([B-](c2c(F)c(F)c(F)c(F)c2F)(c2c(F)c(F)c(F)c(F)c2F)c2c(F)c(F)c(F)c(F)c2F)c(F)c1F. The predicted octanol–water partition coefficient (Wildman–Crippen LogP) is 9.07. The van der Waals surface area contributed by atoms with Gasteiger partial charge in [-0.25, -0.2) is 92.8 Å². The van der Waals surface area contributed by atoms with Gasteiger partial charge in [-0.2, -0.15) is 4.57 Å². The van der Waals surface area contributed by atoms with E-state index in [-0.39, 0.29) is 5.78 Å². The van der Waals surface area contributed by atoms with E-state index >= 15 is 35.1 Å². The summed E-state index contributed by atoms with van der Waals surface area (Å²) in [6, 6.07) is 17.5. The van der Waals surface area contributed by atoms with Crippen LogP contribution in [0.4, 0.5) is 87.8 Å². The number of benzene rings is 6. The maximum atomic E-state index is 15.4. The lowest BCUT2D eigenvalue weighted by molar-refractivity contribution is -0.683. The average Bonchev–Trinajstić information content (AvgIpc) is 3.32. The number of aryl methyl sites for hydroxylation is 1. The number of carbonyl (C=O) groups excluding carboxylic acids is 1. The predicted molar refractivity (Wildman–Crippen MR) is 195 cm³/mol. The molecule has 0 aliphatic heterocycles. The summed E-state index contributed by atoms with van der Waals surface area (Å²) in [5, 5.41) is 0. The molecule has 348 valence electrons. The van der Waals surface area contributed by atoms with Crippen LogP contribution in [0.3, 0.4) is 0 Å². The van der Waals surface area contributed by atoms with Crippen molar-refractivity contribution in [1.82, 2.24) is 4.98 Å². The Morgan fingerprint density at radius 3 is 1.04 bits per heavy atom. The first-order chi connectivity index (χ1) is 31.4. The monoisotopic (exact) mass is 968 g/mol. The Hall–Kier alpha value is -7.27. The van der Waals surface area contributed by atoms with Crippen molar-refractivity contribution in [2.45, 2.75) is 13.5 Å². The Bertz CT molecular complexity index is 2750. The van der Waals surface area contributed by atoms with Crippen LogP contribution in [0.2, 0.25) is 0 Å². The molecule has 0 bridgehead atoms. The second kappa shape index (κ2) is 18.5. The second-order valence-electron chi connectivity index (χ2n) is 14.1. The van der Waals surface area contributed by atoms with E-state index in [0.717, 1.165) is 16.8 Å². The van der Waals surface area contributed by atoms with Crippen LogP contribution in [0.5, 0.6) is 0 Å².